The number of aromatic nitrogens is 3. The molecule has 6 rings (SSSR count). The summed E-state index contributed by atoms with van der Waals surface area (Å²) in [5.74, 6) is 0.249. The molecule has 0 spiro atoms. The van der Waals surface area contributed by atoms with E-state index >= 15 is 4.39 Å². The first kappa shape index (κ1) is 37.4. The van der Waals surface area contributed by atoms with Gasteiger partial charge in [-0.2, -0.15) is 0 Å². The van der Waals surface area contributed by atoms with Crippen LogP contribution in [-0.4, -0.2) is 70.5 Å². The van der Waals surface area contributed by atoms with Crippen molar-refractivity contribution in [2.45, 2.75) is 64.7 Å². The molecule has 2 aliphatic heterocycles. The SMILES string of the molecule is COc1nc(-c2ccnc(-c3cccc(Nc4nccc(CNC5CCN(C(=O)C(C)C)CC5)c4F)c3Cl)c2Cl)ccc1CNC[C@H]1CCC(=O)N1. The van der Waals surface area contributed by atoms with Crippen molar-refractivity contribution in [3.8, 4) is 28.4 Å². The van der Waals surface area contributed by atoms with Crippen molar-refractivity contribution >= 4 is 46.5 Å². The van der Waals surface area contributed by atoms with Crippen molar-refractivity contribution in [2.24, 2.45) is 5.92 Å². The van der Waals surface area contributed by atoms with Gasteiger partial charge < -0.3 is 30.9 Å². The highest BCUT2D eigenvalue weighted by atomic mass is 35.5. The topological polar surface area (TPSA) is 133 Å². The number of amides is 2. The predicted octanol–water partition coefficient (Wildman–Crippen LogP) is 6.51. The number of hydrogen-bond donors (Lipinski definition) is 4. The lowest BCUT2D eigenvalue weighted by Gasteiger charge is -2.33. The zero-order chi connectivity index (χ0) is 36.8. The highest BCUT2D eigenvalue weighted by Crippen LogP contribution is 2.41. The molecule has 2 aliphatic rings. The monoisotopic (exact) mass is 748 g/mol. The van der Waals surface area contributed by atoms with Gasteiger partial charge in [0.15, 0.2) is 11.6 Å². The summed E-state index contributed by atoms with van der Waals surface area (Å²) in [5.41, 5.74) is 3.98. The standard InChI is InChI=1S/C38H43Cl2FN8O3/c1-22(2)38(51)49-17-13-25(14-18-49)45-20-23-11-15-44-36(34(23)41)47-30-6-4-5-28(32(30)39)35-33(40)27(12-16-43-35)29-9-7-24(37(48-29)52-3)19-42-21-26-8-10-31(50)46-26/h4-7,9,11-12,15-16,22,25-26,42,45H,8,10,13-14,17-21H2,1-3H3,(H,44,47)(H,46,50)/t26-/m1/s1. The van der Waals surface area contributed by atoms with Crippen molar-refractivity contribution < 1.29 is 18.7 Å². The lowest BCUT2D eigenvalue weighted by atomic mass is 10.0. The van der Waals surface area contributed by atoms with Crippen molar-refractivity contribution in [1.82, 2.24) is 35.8 Å². The number of nitrogens with zero attached hydrogens (tertiary/aromatic N) is 4. The molecule has 0 unspecified atom stereocenters. The van der Waals surface area contributed by atoms with Gasteiger partial charge >= 0.3 is 0 Å². The molecule has 11 nitrogen and oxygen atoms in total. The van der Waals surface area contributed by atoms with Gasteiger partial charge in [0.2, 0.25) is 17.7 Å². The molecular weight excluding hydrogens is 706 g/mol. The molecule has 274 valence electrons. The quantitative estimate of drug-likeness (QED) is 0.121. The number of carbonyl (C=O) groups excluding carboxylic acids is 2. The second-order valence-electron chi connectivity index (χ2n) is 13.4. The van der Waals surface area contributed by atoms with Gasteiger partial charge in [0.1, 0.15) is 0 Å². The molecule has 4 aromatic rings. The molecular formula is C38H43Cl2FN8O3. The number of ether oxygens (including phenoxy) is 1. The molecule has 2 saturated heterocycles. The second kappa shape index (κ2) is 17.0. The van der Waals surface area contributed by atoms with Gasteiger partial charge in [-0.1, -0.05) is 55.2 Å². The molecule has 0 aliphatic carbocycles. The van der Waals surface area contributed by atoms with Gasteiger partial charge in [0, 0.05) is 91.8 Å². The van der Waals surface area contributed by atoms with E-state index in [1.807, 2.05) is 30.9 Å². The van der Waals surface area contributed by atoms with E-state index in [9.17, 15) is 9.59 Å². The first-order chi connectivity index (χ1) is 25.1. The summed E-state index contributed by atoms with van der Waals surface area (Å²) in [5, 5.41) is 13.5. The molecule has 2 fully saturated rings. The smallest absolute Gasteiger partial charge is 0.225 e. The summed E-state index contributed by atoms with van der Waals surface area (Å²) in [6.45, 7) is 6.70. The van der Waals surface area contributed by atoms with Crippen molar-refractivity contribution in [2.75, 3.05) is 32.1 Å². The van der Waals surface area contributed by atoms with Crippen LogP contribution in [0.5, 0.6) is 5.88 Å². The van der Waals surface area contributed by atoms with E-state index in [0.29, 0.717) is 88.8 Å². The summed E-state index contributed by atoms with van der Waals surface area (Å²) in [6, 6.07) is 12.9. The maximum Gasteiger partial charge on any atom is 0.225 e. The van der Waals surface area contributed by atoms with Crippen LogP contribution in [-0.2, 0) is 22.7 Å². The maximum atomic E-state index is 15.7. The molecule has 1 atom stereocenters. The van der Waals surface area contributed by atoms with E-state index in [0.717, 1.165) is 24.8 Å². The molecule has 0 bridgehead atoms. The fourth-order valence-electron chi connectivity index (χ4n) is 6.54. The largest absolute Gasteiger partial charge is 0.481 e. The van der Waals surface area contributed by atoms with Crippen molar-refractivity contribution in [3.05, 3.63) is 81.8 Å². The van der Waals surface area contributed by atoms with Crippen LogP contribution in [0.2, 0.25) is 10.0 Å². The molecule has 14 heteroatoms. The number of hydrogen-bond acceptors (Lipinski definition) is 9. The number of benzene rings is 1. The van der Waals surface area contributed by atoms with E-state index in [4.69, 9.17) is 32.9 Å². The first-order valence-corrected chi connectivity index (χ1v) is 18.3. The number of methoxy groups -OCH3 is 1. The van der Waals surface area contributed by atoms with Gasteiger partial charge in [-0.15, -0.1) is 0 Å². The Balaban J connectivity index is 1.14. The third-order valence-corrected chi connectivity index (χ3v) is 10.2. The second-order valence-corrected chi connectivity index (χ2v) is 14.1. The third kappa shape index (κ3) is 8.63. The van der Waals surface area contributed by atoms with E-state index in [-0.39, 0.29) is 35.6 Å². The molecule has 4 N–H and O–H groups in total. The normalized spacial score (nSPS) is 16.3. The fourth-order valence-corrected chi connectivity index (χ4v) is 7.11. The summed E-state index contributed by atoms with van der Waals surface area (Å²) < 4.78 is 21.4. The molecule has 0 radical (unpaired) electrons. The van der Waals surface area contributed by atoms with Gasteiger partial charge in [0.05, 0.1) is 34.2 Å². The Morgan fingerprint density at radius 3 is 2.52 bits per heavy atom. The Labute approximate surface area is 313 Å². The zero-order valence-electron chi connectivity index (χ0n) is 29.4. The summed E-state index contributed by atoms with van der Waals surface area (Å²) in [4.78, 5) is 39.3. The first-order valence-electron chi connectivity index (χ1n) is 17.5. The number of rotatable bonds is 13. The molecule has 0 saturated carbocycles. The third-order valence-electron chi connectivity index (χ3n) is 9.45. The number of nitrogens with one attached hydrogen (secondary N) is 4. The van der Waals surface area contributed by atoms with Crippen LogP contribution in [0.1, 0.15) is 50.7 Å². The minimum Gasteiger partial charge on any atom is -0.481 e. The van der Waals surface area contributed by atoms with Gasteiger partial charge in [-0.25, -0.2) is 14.4 Å². The Hall–Kier alpha value is -4.36. The Morgan fingerprint density at radius 1 is 1.00 bits per heavy atom. The van der Waals surface area contributed by atoms with Gasteiger partial charge in [-0.3, -0.25) is 14.6 Å². The minimum atomic E-state index is -0.481. The van der Waals surface area contributed by atoms with E-state index in [1.54, 1.807) is 49.8 Å². The van der Waals surface area contributed by atoms with Crippen LogP contribution < -0.4 is 26.0 Å². The maximum absolute atomic E-state index is 15.7. The summed E-state index contributed by atoms with van der Waals surface area (Å²) >= 11 is 13.9. The molecule has 1 aromatic carbocycles. The van der Waals surface area contributed by atoms with Crippen LogP contribution >= 0.6 is 23.2 Å². The number of anilines is 2. The molecule has 5 heterocycles. The predicted molar refractivity (Wildman–Crippen MR) is 201 cm³/mol. The molecule has 3 aromatic heterocycles. The van der Waals surface area contributed by atoms with Crippen molar-refractivity contribution in [1.29, 1.82) is 0 Å². The molecule has 2 amide bonds. The van der Waals surface area contributed by atoms with Crippen LogP contribution in [0.25, 0.3) is 22.5 Å². The number of carbonyl (C=O) groups is 2. The molecule has 52 heavy (non-hydrogen) atoms. The highest BCUT2D eigenvalue weighted by Gasteiger charge is 2.25. The average molecular weight is 750 g/mol. The Kier molecular flexibility index (Phi) is 12.2. The van der Waals surface area contributed by atoms with Gasteiger partial charge in [0.25, 0.3) is 0 Å². The lowest BCUT2D eigenvalue weighted by molar-refractivity contribution is -0.135. The van der Waals surface area contributed by atoms with E-state index in [1.165, 1.54) is 0 Å². The van der Waals surface area contributed by atoms with E-state index < -0.39 is 5.82 Å². The highest BCUT2D eigenvalue weighted by molar-refractivity contribution is 6.39. The fraction of sp³-hybridized carbons (Fsp3) is 0.395. The number of likely N-dealkylation sites (tertiary alicyclic amines) is 1. The number of piperidine rings is 1. The Bertz CT molecular complexity index is 1920. The number of pyridine rings is 3. The lowest BCUT2D eigenvalue weighted by Crippen LogP contribution is -2.46. The summed E-state index contributed by atoms with van der Waals surface area (Å²) in [7, 11) is 1.57. The van der Waals surface area contributed by atoms with Crippen LogP contribution in [0, 0.1) is 11.7 Å². The van der Waals surface area contributed by atoms with Crippen LogP contribution in [0.4, 0.5) is 15.9 Å². The summed E-state index contributed by atoms with van der Waals surface area (Å²) in [6.07, 6.45) is 6.19. The number of halogens is 3. The van der Waals surface area contributed by atoms with Crippen molar-refractivity contribution in [3.63, 3.8) is 0 Å². The van der Waals surface area contributed by atoms with Crippen LogP contribution in [0.15, 0.2) is 54.9 Å². The van der Waals surface area contributed by atoms with Gasteiger partial charge in [-0.05, 0) is 43.5 Å². The van der Waals surface area contributed by atoms with Crippen LogP contribution in [0.3, 0.4) is 0 Å². The Morgan fingerprint density at radius 2 is 1.79 bits per heavy atom. The van der Waals surface area contributed by atoms with E-state index in [2.05, 4.69) is 31.2 Å². The average Bonchev–Trinajstić information content (AvgIpc) is 3.57. The minimum absolute atomic E-state index is 0.0202. The zero-order valence-corrected chi connectivity index (χ0v) is 31.0.